The topological polar surface area (TPSA) is 17.8 Å². The molecule has 3 aromatic rings. The number of nitrogens with zero attached hydrogens (tertiary/aromatic N) is 2. The maximum atomic E-state index is 5.91. The van der Waals surface area contributed by atoms with Gasteiger partial charge in [0.1, 0.15) is 5.82 Å². The van der Waals surface area contributed by atoms with E-state index in [4.69, 9.17) is 16.6 Å². The van der Waals surface area contributed by atoms with E-state index < -0.39 is 0 Å². The highest BCUT2D eigenvalue weighted by Crippen LogP contribution is 2.22. The minimum atomic E-state index is 0.603. The molecule has 0 aliphatic carbocycles. The molecule has 0 atom stereocenters. The molecule has 3 rings (SSSR count). The van der Waals surface area contributed by atoms with E-state index in [-0.39, 0.29) is 0 Å². The maximum absolute atomic E-state index is 5.91. The fourth-order valence-electron chi connectivity index (χ4n) is 2.35. The highest BCUT2D eigenvalue weighted by molar-refractivity contribution is 7.07. The van der Waals surface area contributed by atoms with Gasteiger partial charge in [-0.15, -0.1) is 11.6 Å². The second-order valence-electron chi connectivity index (χ2n) is 4.63. The number of aryl methyl sites for hydroxylation is 2. The molecule has 0 aliphatic rings. The van der Waals surface area contributed by atoms with Crippen molar-refractivity contribution in [2.45, 2.75) is 19.9 Å². The van der Waals surface area contributed by atoms with Crippen LogP contribution in [0.4, 0.5) is 0 Å². The van der Waals surface area contributed by atoms with Gasteiger partial charge in [0.05, 0.1) is 17.6 Å². The molecule has 0 bridgehead atoms. The summed E-state index contributed by atoms with van der Waals surface area (Å²) in [5.41, 5.74) is 4.84. The number of halogens is 1. The highest BCUT2D eigenvalue weighted by atomic mass is 35.5. The van der Waals surface area contributed by atoms with Gasteiger partial charge in [-0.05, 0) is 40.9 Å². The van der Waals surface area contributed by atoms with Gasteiger partial charge in [0.2, 0.25) is 0 Å². The number of alkyl halides is 1. The third-order valence-electron chi connectivity index (χ3n) is 3.30. The van der Waals surface area contributed by atoms with Crippen molar-refractivity contribution in [3.05, 3.63) is 52.0 Å². The van der Waals surface area contributed by atoms with Crippen LogP contribution < -0.4 is 0 Å². The molecule has 0 spiro atoms. The molecule has 98 valence electrons. The van der Waals surface area contributed by atoms with Crippen LogP contribution in [0.15, 0.2) is 35.0 Å². The van der Waals surface area contributed by atoms with E-state index in [2.05, 4.69) is 46.5 Å². The van der Waals surface area contributed by atoms with Gasteiger partial charge in [0.25, 0.3) is 0 Å². The van der Waals surface area contributed by atoms with E-state index in [0.717, 1.165) is 24.3 Å². The monoisotopic (exact) mass is 290 g/mol. The highest BCUT2D eigenvalue weighted by Gasteiger charge is 2.12. The van der Waals surface area contributed by atoms with Crippen molar-refractivity contribution >= 4 is 34.0 Å². The van der Waals surface area contributed by atoms with Crippen molar-refractivity contribution in [2.75, 3.05) is 5.88 Å². The Labute approximate surface area is 121 Å². The Morgan fingerprint density at radius 1 is 1.32 bits per heavy atom. The average molecular weight is 291 g/mol. The normalized spacial score (nSPS) is 11.3. The van der Waals surface area contributed by atoms with E-state index in [0.29, 0.717) is 5.88 Å². The lowest BCUT2D eigenvalue weighted by atomic mass is 10.2. The number of benzene rings is 1. The Morgan fingerprint density at radius 2 is 2.21 bits per heavy atom. The molecular formula is C15H15ClN2S. The van der Waals surface area contributed by atoms with E-state index >= 15 is 0 Å². The summed E-state index contributed by atoms with van der Waals surface area (Å²) in [4.78, 5) is 4.76. The summed E-state index contributed by atoms with van der Waals surface area (Å²) in [6.07, 6.45) is 0.805. The van der Waals surface area contributed by atoms with E-state index in [1.54, 1.807) is 11.3 Å². The fourth-order valence-corrected chi connectivity index (χ4v) is 3.18. The molecule has 0 unspecified atom stereocenters. The first-order chi connectivity index (χ1) is 9.29. The van der Waals surface area contributed by atoms with Crippen molar-refractivity contribution in [1.82, 2.24) is 9.55 Å². The van der Waals surface area contributed by atoms with Gasteiger partial charge in [0.15, 0.2) is 0 Å². The van der Waals surface area contributed by atoms with Crippen molar-refractivity contribution in [2.24, 2.45) is 0 Å². The van der Waals surface area contributed by atoms with Crippen molar-refractivity contribution in [3.63, 3.8) is 0 Å². The van der Waals surface area contributed by atoms with Gasteiger partial charge >= 0.3 is 0 Å². The molecule has 2 nitrogen and oxygen atoms in total. The molecule has 4 heteroatoms. The third-order valence-corrected chi connectivity index (χ3v) is 4.22. The largest absolute Gasteiger partial charge is 0.323 e. The van der Waals surface area contributed by atoms with Crippen molar-refractivity contribution in [3.8, 4) is 0 Å². The second-order valence-corrected chi connectivity index (χ2v) is 5.79. The molecule has 2 heterocycles. The molecule has 0 fully saturated rings. The van der Waals surface area contributed by atoms with Crippen LogP contribution in [-0.4, -0.2) is 15.4 Å². The minimum absolute atomic E-state index is 0.603. The van der Waals surface area contributed by atoms with Crippen LogP contribution in [0.25, 0.3) is 11.0 Å². The number of fused-ring (bicyclic) bond motifs is 1. The molecule has 0 saturated heterocycles. The molecular weight excluding hydrogens is 276 g/mol. The van der Waals surface area contributed by atoms with Crippen LogP contribution in [0.5, 0.6) is 0 Å². The molecule has 0 saturated carbocycles. The predicted octanol–water partition coefficient (Wildman–Crippen LogP) is 4.24. The molecule has 1 aromatic carbocycles. The van der Waals surface area contributed by atoms with Gasteiger partial charge < -0.3 is 4.57 Å². The van der Waals surface area contributed by atoms with Crippen LogP contribution in [0, 0.1) is 6.92 Å². The van der Waals surface area contributed by atoms with Gasteiger partial charge in [-0.25, -0.2) is 4.98 Å². The first kappa shape index (κ1) is 12.7. The van der Waals surface area contributed by atoms with Crippen LogP contribution >= 0.6 is 22.9 Å². The number of rotatable bonds is 4. The van der Waals surface area contributed by atoms with Gasteiger partial charge in [-0.3, -0.25) is 0 Å². The lowest BCUT2D eigenvalue weighted by molar-refractivity contribution is 0.756. The average Bonchev–Trinajstić information content (AvgIpc) is 3.01. The predicted molar refractivity (Wildman–Crippen MR) is 82.3 cm³/mol. The minimum Gasteiger partial charge on any atom is -0.323 e. The second kappa shape index (κ2) is 5.35. The zero-order valence-electron chi connectivity index (χ0n) is 10.8. The summed E-state index contributed by atoms with van der Waals surface area (Å²) in [6.45, 7) is 2.98. The summed E-state index contributed by atoms with van der Waals surface area (Å²) in [6, 6.07) is 8.50. The number of thiophene rings is 1. The van der Waals surface area contributed by atoms with E-state index in [9.17, 15) is 0 Å². The lowest BCUT2D eigenvalue weighted by Crippen LogP contribution is -2.05. The van der Waals surface area contributed by atoms with Crippen LogP contribution in [0.1, 0.15) is 17.0 Å². The Balaban J connectivity index is 2.13. The van der Waals surface area contributed by atoms with Crippen LogP contribution in [0.2, 0.25) is 0 Å². The van der Waals surface area contributed by atoms with Crippen LogP contribution in [-0.2, 0) is 13.0 Å². The standard InChI is InChI=1S/C15H15ClN2S/c1-11-3-2-4-13-15(11)17-14(5-7-16)18(13)9-12-6-8-19-10-12/h2-4,6,8,10H,5,7,9H2,1H3. The molecule has 0 amide bonds. The molecule has 2 aromatic heterocycles. The Kier molecular flexibility index (Phi) is 3.58. The van der Waals surface area contributed by atoms with Crippen molar-refractivity contribution < 1.29 is 0 Å². The Hall–Kier alpha value is -1.32. The fraction of sp³-hybridized carbons (Fsp3) is 0.267. The summed E-state index contributed by atoms with van der Waals surface area (Å²) in [7, 11) is 0. The lowest BCUT2D eigenvalue weighted by Gasteiger charge is -2.07. The summed E-state index contributed by atoms with van der Waals surface area (Å²) >= 11 is 7.64. The van der Waals surface area contributed by atoms with Gasteiger partial charge in [0, 0.05) is 12.3 Å². The molecule has 0 radical (unpaired) electrons. The number of hydrogen-bond donors (Lipinski definition) is 0. The zero-order chi connectivity index (χ0) is 13.2. The number of hydrogen-bond acceptors (Lipinski definition) is 2. The molecule has 0 aliphatic heterocycles. The van der Waals surface area contributed by atoms with E-state index in [1.807, 2.05) is 0 Å². The summed E-state index contributed by atoms with van der Waals surface area (Å²) in [5.74, 6) is 1.68. The smallest absolute Gasteiger partial charge is 0.111 e. The number of imidazole rings is 1. The van der Waals surface area contributed by atoms with Crippen LogP contribution in [0.3, 0.4) is 0 Å². The SMILES string of the molecule is Cc1cccc2c1nc(CCCl)n2Cc1ccsc1. The first-order valence-corrected chi connectivity index (χ1v) is 7.79. The molecule has 19 heavy (non-hydrogen) atoms. The van der Waals surface area contributed by atoms with Gasteiger partial charge in [-0.2, -0.15) is 11.3 Å². The van der Waals surface area contributed by atoms with Crippen molar-refractivity contribution in [1.29, 1.82) is 0 Å². The first-order valence-electron chi connectivity index (χ1n) is 6.31. The number of para-hydroxylation sites is 1. The summed E-state index contributed by atoms with van der Waals surface area (Å²) < 4.78 is 2.28. The van der Waals surface area contributed by atoms with Gasteiger partial charge in [-0.1, -0.05) is 12.1 Å². The Bertz CT molecular complexity index is 686. The quantitative estimate of drug-likeness (QED) is 0.657. The maximum Gasteiger partial charge on any atom is 0.111 e. The zero-order valence-corrected chi connectivity index (χ0v) is 12.3. The third kappa shape index (κ3) is 2.40. The van der Waals surface area contributed by atoms with E-state index in [1.165, 1.54) is 16.6 Å². The Morgan fingerprint density at radius 3 is 2.95 bits per heavy atom. The summed E-state index contributed by atoms with van der Waals surface area (Å²) in [5, 5.41) is 4.30. The number of aromatic nitrogens is 2. The molecule has 0 N–H and O–H groups in total.